The van der Waals surface area contributed by atoms with Gasteiger partial charge in [0.15, 0.2) is 0 Å². The van der Waals surface area contributed by atoms with Crippen molar-refractivity contribution in [2.75, 3.05) is 0 Å². The molecule has 0 radical (unpaired) electrons. The Kier molecular flexibility index (Phi) is 4.35. The number of nitrogens with zero attached hydrogens (tertiary/aromatic N) is 3. The Bertz CT molecular complexity index is 1100. The van der Waals surface area contributed by atoms with Crippen molar-refractivity contribution in [3.63, 3.8) is 0 Å². The topological polar surface area (TPSA) is 89.5 Å². The highest BCUT2D eigenvalue weighted by Crippen LogP contribution is 2.24. The fourth-order valence-electron chi connectivity index (χ4n) is 3.21. The van der Waals surface area contributed by atoms with Crippen LogP contribution in [0.15, 0.2) is 42.5 Å². The maximum Gasteiger partial charge on any atom is 0.364 e. The minimum atomic E-state index is -0.809. The summed E-state index contributed by atoms with van der Waals surface area (Å²) >= 11 is 0. The van der Waals surface area contributed by atoms with Crippen LogP contribution in [0.4, 0.5) is 0 Å². The van der Waals surface area contributed by atoms with E-state index in [0.717, 1.165) is 24.2 Å². The third-order valence-electron chi connectivity index (χ3n) is 4.66. The number of hydrogen-bond acceptors (Lipinski definition) is 6. The molecule has 28 heavy (non-hydrogen) atoms. The van der Waals surface area contributed by atoms with E-state index in [1.165, 1.54) is 12.1 Å². The van der Waals surface area contributed by atoms with E-state index in [0.29, 0.717) is 16.1 Å². The molecule has 1 aliphatic heterocycles. The number of fused-ring (bicyclic) bond motifs is 2. The van der Waals surface area contributed by atoms with Crippen molar-refractivity contribution in [3.05, 3.63) is 70.5 Å². The van der Waals surface area contributed by atoms with E-state index in [-0.39, 0.29) is 16.7 Å². The van der Waals surface area contributed by atoms with Crippen LogP contribution < -0.4 is 0 Å². The second kappa shape index (κ2) is 6.84. The number of aryl methyl sites for hydroxylation is 2. The van der Waals surface area contributed by atoms with E-state index in [9.17, 15) is 14.4 Å². The number of amides is 2. The Morgan fingerprint density at radius 2 is 1.46 bits per heavy atom. The molecule has 3 aromatic rings. The van der Waals surface area contributed by atoms with E-state index < -0.39 is 17.8 Å². The third kappa shape index (κ3) is 2.81. The fourth-order valence-corrected chi connectivity index (χ4v) is 3.21. The molecule has 0 atom stereocenters. The van der Waals surface area contributed by atoms with Crippen LogP contribution in [0.1, 0.15) is 56.3 Å². The monoisotopic (exact) mass is 375 g/mol. The van der Waals surface area contributed by atoms with Crippen molar-refractivity contribution in [2.45, 2.75) is 26.7 Å². The molecule has 2 heterocycles. The van der Waals surface area contributed by atoms with Gasteiger partial charge in [0.1, 0.15) is 0 Å². The van der Waals surface area contributed by atoms with Crippen LogP contribution in [0.3, 0.4) is 0 Å². The Hall–Kier alpha value is -3.61. The number of rotatable bonds is 4. The maximum atomic E-state index is 12.5. The van der Waals surface area contributed by atoms with Gasteiger partial charge in [0, 0.05) is 0 Å². The van der Waals surface area contributed by atoms with E-state index in [1.54, 1.807) is 30.3 Å². The van der Waals surface area contributed by atoms with Crippen LogP contribution in [0, 0.1) is 0 Å². The van der Waals surface area contributed by atoms with Gasteiger partial charge in [-0.1, -0.05) is 31.0 Å². The van der Waals surface area contributed by atoms with Crippen LogP contribution in [0.25, 0.3) is 11.0 Å². The van der Waals surface area contributed by atoms with Gasteiger partial charge < -0.3 is 4.84 Å². The van der Waals surface area contributed by atoms with E-state index in [4.69, 9.17) is 4.84 Å². The molecular weight excluding hydrogens is 358 g/mol. The van der Waals surface area contributed by atoms with E-state index in [2.05, 4.69) is 9.97 Å². The lowest BCUT2D eigenvalue weighted by Crippen LogP contribution is -2.32. The minimum absolute atomic E-state index is 0.185. The van der Waals surface area contributed by atoms with Crippen molar-refractivity contribution >= 4 is 28.8 Å². The zero-order chi connectivity index (χ0) is 19.8. The number of carbonyl (C=O) groups excluding carboxylic acids is 3. The predicted molar refractivity (Wildman–Crippen MR) is 101 cm³/mol. The summed E-state index contributed by atoms with van der Waals surface area (Å²) in [5.74, 6) is -2.12. The standard InChI is InChI=1S/C21H17N3O4/c1-3-15-16(4-2)23-18-11-12(9-10-17(18)22-15)21(27)28-24-19(25)13-7-5-6-8-14(13)20(24)26/h5-11H,3-4H2,1-2H3. The molecule has 2 amide bonds. The maximum absolute atomic E-state index is 12.5. The molecule has 2 aromatic carbocycles. The van der Waals surface area contributed by atoms with Gasteiger partial charge >= 0.3 is 5.97 Å². The molecule has 0 aliphatic carbocycles. The first-order valence-electron chi connectivity index (χ1n) is 9.03. The number of carbonyl (C=O) groups is 3. The van der Waals surface area contributed by atoms with Gasteiger partial charge in [-0.05, 0) is 43.2 Å². The summed E-state index contributed by atoms with van der Waals surface area (Å²) in [5.41, 5.74) is 3.65. The third-order valence-corrected chi connectivity index (χ3v) is 4.66. The van der Waals surface area contributed by atoms with Gasteiger partial charge in [-0.25, -0.2) is 14.8 Å². The van der Waals surface area contributed by atoms with Crippen molar-refractivity contribution in [2.24, 2.45) is 0 Å². The summed E-state index contributed by atoms with van der Waals surface area (Å²) < 4.78 is 0. The summed E-state index contributed by atoms with van der Waals surface area (Å²) in [6, 6.07) is 11.1. The largest absolute Gasteiger partial charge is 0.364 e. The Morgan fingerprint density at radius 3 is 2.04 bits per heavy atom. The fraction of sp³-hybridized carbons (Fsp3) is 0.190. The quantitative estimate of drug-likeness (QED) is 0.651. The first-order chi connectivity index (χ1) is 13.5. The lowest BCUT2D eigenvalue weighted by molar-refractivity contribution is -0.0584. The minimum Gasteiger partial charge on any atom is -0.324 e. The van der Waals surface area contributed by atoms with Crippen molar-refractivity contribution in [1.29, 1.82) is 0 Å². The Labute approximate surface area is 160 Å². The predicted octanol–water partition coefficient (Wildman–Crippen LogP) is 3.12. The molecule has 0 spiro atoms. The molecule has 4 rings (SSSR count). The van der Waals surface area contributed by atoms with Crippen molar-refractivity contribution in [1.82, 2.24) is 15.0 Å². The zero-order valence-corrected chi connectivity index (χ0v) is 15.4. The van der Waals surface area contributed by atoms with Crippen molar-refractivity contribution in [3.8, 4) is 0 Å². The van der Waals surface area contributed by atoms with Gasteiger partial charge in [0.05, 0.1) is 39.1 Å². The van der Waals surface area contributed by atoms with Crippen LogP contribution >= 0.6 is 0 Å². The average molecular weight is 375 g/mol. The molecule has 0 unspecified atom stereocenters. The molecular formula is C21H17N3O4. The molecule has 7 heteroatoms. The molecule has 0 bridgehead atoms. The average Bonchev–Trinajstić information content (AvgIpc) is 2.97. The van der Waals surface area contributed by atoms with E-state index >= 15 is 0 Å². The Morgan fingerprint density at radius 1 is 0.893 bits per heavy atom. The second-order valence-electron chi connectivity index (χ2n) is 6.36. The highest BCUT2D eigenvalue weighted by atomic mass is 16.7. The summed E-state index contributed by atoms with van der Waals surface area (Å²) in [6.07, 6.45) is 1.51. The number of benzene rings is 2. The van der Waals surface area contributed by atoms with Crippen LogP contribution in [0.2, 0.25) is 0 Å². The van der Waals surface area contributed by atoms with Gasteiger partial charge in [-0.3, -0.25) is 9.59 Å². The summed E-state index contributed by atoms with van der Waals surface area (Å²) in [4.78, 5) is 51.5. The first-order valence-corrected chi connectivity index (χ1v) is 9.03. The van der Waals surface area contributed by atoms with Crippen LogP contribution in [-0.4, -0.2) is 32.8 Å². The second-order valence-corrected chi connectivity index (χ2v) is 6.36. The lowest BCUT2D eigenvalue weighted by atomic mass is 10.1. The molecule has 0 N–H and O–H groups in total. The molecule has 0 saturated heterocycles. The van der Waals surface area contributed by atoms with Gasteiger partial charge in [-0.2, -0.15) is 0 Å². The normalized spacial score (nSPS) is 13.1. The number of hydrogen-bond donors (Lipinski definition) is 0. The van der Waals surface area contributed by atoms with Gasteiger partial charge in [0.25, 0.3) is 11.8 Å². The molecule has 140 valence electrons. The number of hydroxylamine groups is 2. The van der Waals surface area contributed by atoms with Crippen LogP contribution in [-0.2, 0) is 17.7 Å². The van der Waals surface area contributed by atoms with Crippen LogP contribution in [0.5, 0.6) is 0 Å². The molecule has 7 nitrogen and oxygen atoms in total. The first kappa shape index (κ1) is 17.8. The lowest BCUT2D eigenvalue weighted by Gasteiger charge is -2.13. The number of aromatic nitrogens is 2. The number of imide groups is 1. The molecule has 1 aliphatic rings. The van der Waals surface area contributed by atoms with Gasteiger partial charge in [-0.15, -0.1) is 0 Å². The summed E-state index contributed by atoms with van der Waals surface area (Å²) in [7, 11) is 0. The SMILES string of the molecule is CCc1nc2ccc(C(=O)ON3C(=O)c4ccccc4C3=O)cc2nc1CC. The van der Waals surface area contributed by atoms with Gasteiger partial charge in [0.2, 0.25) is 0 Å². The highest BCUT2D eigenvalue weighted by Gasteiger charge is 2.38. The van der Waals surface area contributed by atoms with E-state index in [1.807, 2.05) is 13.8 Å². The van der Waals surface area contributed by atoms with Crippen molar-refractivity contribution < 1.29 is 19.2 Å². The smallest absolute Gasteiger partial charge is 0.324 e. The summed E-state index contributed by atoms with van der Waals surface area (Å²) in [6.45, 7) is 4.01. The molecule has 1 aromatic heterocycles. The summed E-state index contributed by atoms with van der Waals surface area (Å²) in [5, 5.41) is 0.501. The molecule has 0 saturated carbocycles. The Balaban J connectivity index is 1.63. The zero-order valence-electron chi connectivity index (χ0n) is 15.4. The highest BCUT2D eigenvalue weighted by molar-refractivity contribution is 6.21. The molecule has 0 fully saturated rings.